The SMILES string of the molecule is C=CC1=C(C)c2cc3[nH]c(cc4nc(cc5[nH]c(cc1n2)c(C)c5CCC[n+]1ccccc1)C(CCC[n+]1ccccc1)=C4C)c(C)c3C=C.[Br-].[Br-]. The van der Waals surface area contributed by atoms with Crippen molar-refractivity contribution in [2.24, 2.45) is 0 Å². The van der Waals surface area contributed by atoms with Gasteiger partial charge >= 0.3 is 0 Å². The highest BCUT2D eigenvalue weighted by Crippen LogP contribution is 2.36. The molecule has 5 aromatic heterocycles. The summed E-state index contributed by atoms with van der Waals surface area (Å²) in [5.41, 5.74) is 17.5. The van der Waals surface area contributed by atoms with Crippen LogP contribution in [0.15, 0.2) is 105 Å². The highest BCUT2D eigenvalue weighted by atomic mass is 79.9. The smallest absolute Gasteiger partial charge is 0.168 e. The molecule has 0 aromatic carbocycles. The number of halogens is 2. The van der Waals surface area contributed by atoms with Gasteiger partial charge in [0.2, 0.25) is 0 Å². The van der Waals surface area contributed by atoms with Crippen LogP contribution in [0.3, 0.4) is 0 Å². The molecule has 0 fully saturated rings. The largest absolute Gasteiger partial charge is 1.00 e. The first kappa shape index (κ1) is 38.6. The minimum Gasteiger partial charge on any atom is -1.00 e. The number of rotatable bonds is 10. The molecule has 266 valence electrons. The van der Waals surface area contributed by atoms with E-state index in [1.165, 1.54) is 22.3 Å². The van der Waals surface area contributed by atoms with E-state index in [2.05, 4.69) is 145 Å². The highest BCUT2D eigenvalue weighted by molar-refractivity contribution is 5.98. The van der Waals surface area contributed by atoms with Crippen LogP contribution in [0, 0.1) is 13.8 Å². The lowest BCUT2D eigenvalue weighted by atomic mass is 10.00. The molecule has 0 spiro atoms. The van der Waals surface area contributed by atoms with Crippen molar-refractivity contribution in [1.29, 1.82) is 0 Å². The molecule has 7 heterocycles. The van der Waals surface area contributed by atoms with Crippen LogP contribution in [-0.2, 0) is 19.5 Å². The number of allylic oxidation sites excluding steroid dienone is 5. The Balaban J connectivity index is 0.00000261. The van der Waals surface area contributed by atoms with Crippen molar-refractivity contribution in [2.75, 3.05) is 0 Å². The van der Waals surface area contributed by atoms with Crippen LogP contribution in [0.1, 0.15) is 78.1 Å². The first-order chi connectivity index (χ1) is 24.3. The zero-order valence-electron chi connectivity index (χ0n) is 30.4. The van der Waals surface area contributed by atoms with Gasteiger partial charge in [0, 0.05) is 70.3 Å². The van der Waals surface area contributed by atoms with E-state index in [4.69, 9.17) is 9.97 Å². The molecule has 0 saturated carbocycles. The van der Waals surface area contributed by atoms with Crippen LogP contribution < -0.4 is 43.1 Å². The number of aromatic amines is 2. The van der Waals surface area contributed by atoms with Gasteiger partial charge in [-0.1, -0.05) is 37.4 Å². The van der Waals surface area contributed by atoms with E-state index in [9.17, 15) is 0 Å². The second kappa shape index (κ2) is 16.8. The Morgan fingerprint density at radius 1 is 0.577 bits per heavy atom. The Hall–Kier alpha value is -4.66. The molecule has 2 aliphatic heterocycles. The fourth-order valence-electron chi connectivity index (χ4n) is 7.35. The summed E-state index contributed by atoms with van der Waals surface area (Å²) in [6.07, 6.45) is 16.3. The van der Waals surface area contributed by atoms with Crippen molar-refractivity contribution in [2.45, 2.75) is 66.5 Å². The molecule has 52 heavy (non-hydrogen) atoms. The van der Waals surface area contributed by atoms with Crippen LogP contribution in [0.2, 0.25) is 0 Å². The first-order valence-electron chi connectivity index (χ1n) is 17.6. The molecule has 0 unspecified atom stereocenters. The summed E-state index contributed by atoms with van der Waals surface area (Å²) in [6, 6.07) is 21.3. The lowest BCUT2D eigenvalue weighted by Crippen LogP contribution is -3.00. The fraction of sp³-hybridized carbons (Fsp3) is 0.227. The zero-order chi connectivity index (χ0) is 34.8. The van der Waals surface area contributed by atoms with Gasteiger partial charge in [-0.25, -0.2) is 19.1 Å². The quantitative estimate of drug-likeness (QED) is 0.213. The number of fused-ring (bicyclic) bond motifs is 8. The Morgan fingerprint density at radius 2 is 1.10 bits per heavy atom. The standard InChI is InChI=1S/C44H46N6.2BrH/c1-7-33-29(3)37-25-38-31(5)35(17-15-23-49-19-11-9-12-20-49)43(47-38)28-44-36(18-16-24-50-21-13-10-14-22-50)32(6)40(48-44)27-42-34(8-2)30(4)39(46-42)26-41(33)45-37;;/h7-14,19-22,25-28,45,48H,1-2,15-18,23-24H2,3-6H3;2*1H/q+2;;/p-2. The third kappa shape index (κ3) is 7.74. The summed E-state index contributed by atoms with van der Waals surface area (Å²) in [5, 5.41) is 0. The summed E-state index contributed by atoms with van der Waals surface area (Å²) < 4.78 is 4.51. The maximum atomic E-state index is 5.35. The van der Waals surface area contributed by atoms with E-state index < -0.39 is 0 Å². The molecule has 0 radical (unpaired) electrons. The summed E-state index contributed by atoms with van der Waals surface area (Å²) in [6.45, 7) is 19.0. The Morgan fingerprint density at radius 3 is 1.73 bits per heavy atom. The molecule has 0 saturated heterocycles. The summed E-state index contributed by atoms with van der Waals surface area (Å²) >= 11 is 0. The summed E-state index contributed by atoms with van der Waals surface area (Å²) in [4.78, 5) is 18.0. The zero-order valence-corrected chi connectivity index (χ0v) is 33.6. The summed E-state index contributed by atoms with van der Waals surface area (Å²) in [7, 11) is 0. The molecular weight excluding hydrogens is 772 g/mol. The van der Waals surface area contributed by atoms with Gasteiger partial charge in [0.05, 0.1) is 22.8 Å². The number of nitrogens with zero attached hydrogens (tertiary/aromatic N) is 4. The maximum absolute atomic E-state index is 5.35. The van der Waals surface area contributed by atoms with Crippen LogP contribution in [-0.4, -0.2) is 19.9 Å². The molecule has 0 aliphatic carbocycles. The number of aromatic nitrogens is 6. The molecule has 6 nitrogen and oxygen atoms in total. The van der Waals surface area contributed by atoms with E-state index in [1.807, 2.05) is 12.2 Å². The molecular formula is C44H46Br2N6. The summed E-state index contributed by atoms with van der Waals surface area (Å²) in [5.74, 6) is 0. The topological polar surface area (TPSA) is 65.1 Å². The van der Waals surface area contributed by atoms with E-state index >= 15 is 0 Å². The van der Waals surface area contributed by atoms with Gasteiger partial charge in [-0.3, -0.25) is 0 Å². The fourth-order valence-corrected chi connectivity index (χ4v) is 7.35. The van der Waals surface area contributed by atoms with Gasteiger partial charge in [0.15, 0.2) is 24.8 Å². The van der Waals surface area contributed by atoms with Crippen LogP contribution >= 0.6 is 0 Å². The second-order valence-electron chi connectivity index (χ2n) is 13.4. The minimum atomic E-state index is 0. The van der Waals surface area contributed by atoms with Gasteiger partial charge in [0.1, 0.15) is 13.1 Å². The van der Waals surface area contributed by atoms with Gasteiger partial charge in [0.25, 0.3) is 0 Å². The molecule has 2 aliphatic rings. The van der Waals surface area contributed by atoms with Crippen molar-refractivity contribution in [3.05, 3.63) is 150 Å². The second-order valence-corrected chi connectivity index (χ2v) is 13.4. The number of nitrogens with one attached hydrogen (secondary N) is 2. The average Bonchev–Trinajstić information content (AvgIpc) is 3.79. The van der Waals surface area contributed by atoms with E-state index in [-0.39, 0.29) is 34.0 Å². The average molecular weight is 819 g/mol. The predicted octanol–water partition coefficient (Wildman–Crippen LogP) is 3.32. The number of H-pyrrole nitrogens is 2. The van der Waals surface area contributed by atoms with Gasteiger partial charge < -0.3 is 43.9 Å². The minimum absolute atomic E-state index is 0. The van der Waals surface area contributed by atoms with Crippen LogP contribution in [0.4, 0.5) is 0 Å². The maximum Gasteiger partial charge on any atom is 0.168 e. The van der Waals surface area contributed by atoms with Crippen molar-refractivity contribution in [1.82, 2.24) is 19.9 Å². The van der Waals surface area contributed by atoms with Crippen molar-refractivity contribution < 1.29 is 43.1 Å². The molecule has 7 rings (SSSR count). The lowest BCUT2D eigenvalue weighted by Gasteiger charge is -2.04. The van der Waals surface area contributed by atoms with Gasteiger partial charge in [-0.15, -0.1) is 0 Å². The molecule has 5 aromatic rings. The number of hydrogen-bond donors (Lipinski definition) is 2. The Bertz CT molecular complexity index is 2350. The van der Waals surface area contributed by atoms with Crippen molar-refractivity contribution in [3.63, 3.8) is 0 Å². The highest BCUT2D eigenvalue weighted by Gasteiger charge is 2.20. The third-order valence-electron chi connectivity index (χ3n) is 10.3. The molecule has 8 heteroatoms. The monoisotopic (exact) mass is 816 g/mol. The predicted molar refractivity (Wildman–Crippen MR) is 207 cm³/mol. The van der Waals surface area contributed by atoms with Crippen molar-refractivity contribution >= 4 is 50.4 Å². The number of hydrogen-bond acceptors (Lipinski definition) is 2. The van der Waals surface area contributed by atoms with E-state index in [0.29, 0.717) is 0 Å². The van der Waals surface area contributed by atoms with E-state index in [0.717, 1.165) is 106 Å². The first-order valence-corrected chi connectivity index (χ1v) is 17.6. The van der Waals surface area contributed by atoms with Crippen LogP contribution in [0.5, 0.6) is 0 Å². The molecule has 0 amide bonds. The van der Waals surface area contributed by atoms with Gasteiger partial charge in [-0.05, 0) is 98.2 Å². The van der Waals surface area contributed by atoms with Gasteiger partial charge in [-0.2, -0.15) is 0 Å². The third-order valence-corrected chi connectivity index (χ3v) is 10.3. The van der Waals surface area contributed by atoms with E-state index in [1.54, 1.807) is 0 Å². The molecule has 8 bridgehead atoms. The molecule has 2 N–H and O–H groups in total. The number of aryl methyl sites for hydroxylation is 5. The normalized spacial score (nSPS) is 12.4. The Kier molecular flexibility index (Phi) is 12.4. The van der Waals surface area contributed by atoms with Crippen molar-refractivity contribution in [3.8, 4) is 0 Å². The van der Waals surface area contributed by atoms with Crippen LogP contribution in [0.25, 0.3) is 50.4 Å². The lowest BCUT2D eigenvalue weighted by molar-refractivity contribution is -0.697. The number of pyridine rings is 2. The Labute approximate surface area is 328 Å². The molecule has 0 atom stereocenters.